The van der Waals surface area contributed by atoms with Gasteiger partial charge in [0.1, 0.15) is 5.82 Å². The van der Waals surface area contributed by atoms with Crippen LogP contribution < -0.4 is 10.2 Å². The number of halogens is 3. The minimum Gasteiger partial charge on any atom is -0.378 e. The maximum Gasteiger partial charge on any atom is 0.416 e. The second-order valence-electron chi connectivity index (χ2n) is 7.68. The van der Waals surface area contributed by atoms with Crippen LogP contribution >= 0.6 is 11.8 Å². The third kappa shape index (κ3) is 5.26. The van der Waals surface area contributed by atoms with Gasteiger partial charge >= 0.3 is 6.18 Å². The number of carbonyl (C=O) groups excluding carboxylic acids is 1. The molecular weight excluding hydrogens is 443 g/mol. The van der Waals surface area contributed by atoms with Crippen molar-refractivity contribution in [3.05, 3.63) is 42.2 Å². The summed E-state index contributed by atoms with van der Waals surface area (Å²) in [6.07, 6.45) is -0.616. The van der Waals surface area contributed by atoms with Crippen molar-refractivity contribution in [2.24, 2.45) is 0 Å². The molecule has 0 unspecified atom stereocenters. The predicted molar refractivity (Wildman–Crippen MR) is 116 cm³/mol. The van der Waals surface area contributed by atoms with Crippen molar-refractivity contribution < 1.29 is 22.7 Å². The van der Waals surface area contributed by atoms with E-state index in [1.165, 1.54) is 17.8 Å². The second-order valence-corrected chi connectivity index (χ2v) is 8.62. The summed E-state index contributed by atoms with van der Waals surface area (Å²) in [5, 5.41) is 11.7. The molecule has 2 aliphatic rings. The molecule has 1 aromatic carbocycles. The van der Waals surface area contributed by atoms with Crippen LogP contribution in [0.4, 0.5) is 24.5 Å². The minimum atomic E-state index is -4.50. The molecule has 1 saturated heterocycles. The lowest BCUT2D eigenvalue weighted by molar-refractivity contribution is -0.137. The van der Waals surface area contributed by atoms with Crippen LogP contribution in [0, 0.1) is 0 Å². The van der Waals surface area contributed by atoms with Crippen molar-refractivity contribution in [1.29, 1.82) is 0 Å². The number of thioether (sulfide) groups is 1. The van der Waals surface area contributed by atoms with Crippen molar-refractivity contribution in [3.8, 4) is 0 Å². The van der Waals surface area contributed by atoms with Gasteiger partial charge in [-0.3, -0.25) is 4.79 Å². The highest BCUT2D eigenvalue weighted by atomic mass is 32.2. The minimum absolute atomic E-state index is 0.00125. The van der Waals surface area contributed by atoms with Gasteiger partial charge in [-0.15, -0.1) is 16.8 Å². The van der Waals surface area contributed by atoms with Crippen molar-refractivity contribution in [2.75, 3.05) is 42.3 Å². The third-order valence-corrected chi connectivity index (χ3v) is 6.25. The van der Waals surface area contributed by atoms with Gasteiger partial charge in [0.2, 0.25) is 5.91 Å². The summed E-state index contributed by atoms with van der Waals surface area (Å²) in [4.78, 5) is 14.6. The highest BCUT2D eigenvalue weighted by molar-refractivity contribution is 7.99. The fourth-order valence-corrected chi connectivity index (χ4v) is 4.31. The molecule has 1 aliphatic heterocycles. The second kappa shape index (κ2) is 9.53. The first-order valence-electron chi connectivity index (χ1n) is 10.4. The molecule has 1 aliphatic carbocycles. The number of hydrogen-bond donors (Lipinski definition) is 1. The normalized spacial score (nSPS) is 16.8. The molecule has 32 heavy (non-hydrogen) atoms. The topological polar surface area (TPSA) is 72.3 Å². The molecular formula is C21H24F3N5O2S. The van der Waals surface area contributed by atoms with Crippen molar-refractivity contribution in [3.63, 3.8) is 0 Å². The van der Waals surface area contributed by atoms with E-state index in [0.717, 1.165) is 30.8 Å². The highest BCUT2D eigenvalue weighted by Gasteiger charge is 2.32. The zero-order valence-corrected chi connectivity index (χ0v) is 18.2. The van der Waals surface area contributed by atoms with E-state index in [-0.39, 0.29) is 11.4 Å². The molecule has 1 aromatic heterocycles. The van der Waals surface area contributed by atoms with E-state index < -0.39 is 17.6 Å². The van der Waals surface area contributed by atoms with Crippen LogP contribution in [-0.4, -0.2) is 52.7 Å². The number of nitrogens with zero attached hydrogens (tertiary/aromatic N) is 4. The zero-order chi connectivity index (χ0) is 22.7. The van der Waals surface area contributed by atoms with Crippen LogP contribution in [0.3, 0.4) is 0 Å². The number of carbonyl (C=O) groups is 1. The average Bonchev–Trinajstić information content (AvgIpc) is 3.54. The number of hydrogen-bond acceptors (Lipinski definition) is 6. The van der Waals surface area contributed by atoms with Crippen molar-refractivity contribution in [2.45, 2.75) is 36.6 Å². The van der Waals surface area contributed by atoms with Crippen LogP contribution in [0.15, 0.2) is 36.0 Å². The Morgan fingerprint density at radius 3 is 2.69 bits per heavy atom. The lowest BCUT2D eigenvalue weighted by atomic mass is 10.1. The Morgan fingerprint density at radius 1 is 1.28 bits per heavy atom. The largest absolute Gasteiger partial charge is 0.416 e. The number of anilines is 2. The van der Waals surface area contributed by atoms with Gasteiger partial charge in [-0.1, -0.05) is 17.8 Å². The van der Waals surface area contributed by atoms with E-state index in [2.05, 4.69) is 22.1 Å². The third-order valence-electron chi connectivity index (χ3n) is 5.28. The molecule has 0 spiro atoms. The Kier molecular flexibility index (Phi) is 6.75. The summed E-state index contributed by atoms with van der Waals surface area (Å²) >= 11 is 1.21. The quantitative estimate of drug-likeness (QED) is 0.469. The molecule has 0 atom stereocenters. The number of morpholine rings is 1. The lowest BCUT2D eigenvalue weighted by Gasteiger charge is -2.31. The van der Waals surface area contributed by atoms with Crippen LogP contribution in [0.1, 0.15) is 30.1 Å². The maximum absolute atomic E-state index is 13.3. The first-order chi connectivity index (χ1) is 15.4. The molecule has 172 valence electrons. The molecule has 11 heteroatoms. The van der Waals surface area contributed by atoms with Crippen molar-refractivity contribution in [1.82, 2.24) is 14.8 Å². The molecule has 2 aromatic rings. The highest BCUT2D eigenvalue weighted by Crippen LogP contribution is 2.40. The van der Waals surface area contributed by atoms with Gasteiger partial charge < -0.3 is 19.5 Å². The number of amides is 1. The van der Waals surface area contributed by atoms with E-state index in [4.69, 9.17) is 4.74 Å². The summed E-state index contributed by atoms with van der Waals surface area (Å²) in [5.41, 5.74) is -0.124. The van der Waals surface area contributed by atoms with E-state index in [1.54, 1.807) is 6.08 Å². The molecule has 0 bridgehead atoms. The van der Waals surface area contributed by atoms with Gasteiger partial charge in [-0.25, -0.2) is 0 Å². The van der Waals surface area contributed by atoms with Crippen LogP contribution in [-0.2, 0) is 22.3 Å². The lowest BCUT2D eigenvalue weighted by Crippen LogP contribution is -2.37. The molecule has 2 fully saturated rings. The maximum atomic E-state index is 13.3. The Balaban J connectivity index is 1.49. The monoisotopic (exact) mass is 467 g/mol. The Bertz CT molecular complexity index is 984. The first kappa shape index (κ1) is 22.7. The van der Waals surface area contributed by atoms with Gasteiger partial charge in [0, 0.05) is 25.6 Å². The number of rotatable bonds is 8. The fraction of sp³-hybridized carbons (Fsp3) is 0.476. The van der Waals surface area contributed by atoms with Gasteiger partial charge in [0.15, 0.2) is 5.16 Å². The standard InChI is InChI=1S/C21H24F3N5O2S/c1-2-7-29-19(14-3-4-14)26-27-20(29)32-13-18(30)25-16-12-15(21(22,23)24)5-6-17(16)28-8-10-31-11-9-28/h2,5-6,12,14H,1,3-4,7-11,13H2,(H,25,30). The number of allylic oxidation sites excluding steroid dienone is 1. The first-order valence-corrected chi connectivity index (χ1v) is 11.4. The molecule has 1 saturated carbocycles. The zero-order valence-electron chi connectivity index (χ0n) is 17.4. The van der Waals surface area contributed by atoms with Gasteiger partial charge in [0.25, 0.3) is 0 Å². The van der Waals surface area contributed by atoms with E-state index in [0.29, 0.717) is 49.6 Å². The molecule has 7 nitrogen and oxygen atoms in total. The number of alkyl halides is 3. The van der Waals surface area contributed by atoms with E-state index >= 15 is 0 Å². The summed E-state index contributed by atoms with van der Waals surface area (Å²) < 4.78 is 47.0. The smallest absolute Gasteiger partial charge is 0.378 e. The summed E-state index contributed by atoms with van der Waals surface area (Å²) in [6.45, 7) is 6.34. The SMILES string of the molecule is C=CCn1c(SCC(=O)Nc2cc(C(F)(F)F)ccc2N2CCOCC2)nnc1C1CC1. The Morgan fingerprint density at radius 2 is 2.03 bits per heavy atom. The number of ether oxygens (including phenoxy) is 1. The summed E-state index contributed by atoms with van der Waals surface area (Å²) in [5.74, 6) is 0.871. The molecule has 1 N–H and O–H groups in total. The molecule has 1 amide bonds. The molecule has 0 radical (unpaired) electrons. The van der Waals surface area contributed by atoms with Crippen molar-refractivity contribution >= 4 is 29.0 Å². The summed E-state index contributed by atoms with van der Waals surface area (Å²) in [7, 11) is 0. The van der Waals surface area contributed by atoms with E-state index in [1.807, 2.05) is 9.47 Å². The number of benzene rings is 1. The average molecular weight is 468 g/mol. The van der Waals surface area contributed by atoms with Gasteiger partial charge in [0.05, 0.1) is 35.9 Å². The Labute approximate surface area is 188 Å². The molecule has 2 heterocycles. The predicted octanol–water partition coefficient (Wildman–Crippen LogP) is 3.93. The fourth-order valence-electron chi connectivity index (χ4n) is 3.56. The van der Waals surface area contributed by atoms with Crippen LogP contribution in [0.2, 0.25) is 0 Å². The Hall–Kier alpha value is -2.53. The van der Waals surface area contributed by atoms with Gasteiger partial charge in [-0.05, 0) is 31.0 Å². The van der Waals surface area contributed by atoms with E-state index in [9.17, 15) is 18.0 Å². The summed E-state index contributed by atoms with van der Waals surface area (Å²) in [6, 6.07) is 3.42. The van der Waals surface area contributed by atoms with Crippen LogP contribution in [0.5, 0.6) is 0 Å². The van der Waals surface area contributed by atoms with Gasteiger partial charge in [-0.2, -0.15) is 13.2 Å². The molecule has 4 rings (SSSR count). The number of aromatic nitrogens is 3. The number of nitrogens with one attached hydrogen (secondary N) is 1. The van der Waals surface area contributed by atoms with Crippen LogP contribution in [0.25, 0.3) is 0 Å².